The number of hydrogen-bond acceptors (Lipinski definition) is 8. The normalized spacial score (nSPS) is 12.3. The number of alkyl halides is 3. The molecule has 0 saturated carbocycles. The third-order valence-electron chi connectivity index (χ3n) is 4.37. The first-order valence-electron chi connectivity index (χ1n) is 9.49. The van der Waals surface area contributed by atoms with E-state index in [1.165, 1.54) is 17.6 Å². The number of nitrogens with one attached hydrogen (secondary N) is 1. The second-order valence-corrected chi connectivity index (χ2v) is 10.8. The molecule has 0 aliphatic carbocycles. The third-order valence-corrected chi connectivity index (χ3v) is 6.32. The van der Waals surface area contributed by atoms with Crippen LogP contribution in [0.2, 0.25) is 0 Å². The molecule has 0 spiro atoms. The monoisotopic (exact) mass is 485 g/mol. The van der Waals surface area contributed by atoms with E-state index in [0.29, 0.717) is 18.8 Å². The predicted octanol–water partition coefficient (Wildman–Crippen LogP) is 4.15. The molecule has 0 radical (unpaired) electrons. The van der Waals surface area contributed by atoms with E-state index in [9.17, 15) is 21.6 Å². The average Bonchev–Trinajstić information content (AvgIpc) is 3.13. The van der Waals surface area contributed by atoms with Crippen LogP contribution in [0.1, 0.15) is 16.3 Å². The fourth-order valence-electron chi connectivity index (χ4n) is 2.85. The largest absolute Gasteiger partial charge is 0.433 e. The van der Waals surface area contributed by atoms with Gasteiger partial charge in [-0.3, -0.25) is 4.90 Å². The molecule has 172 valence electrons. The van der Waals surface area contributed by atoms with Crippen molar-refractivity contribution in [2.75, 3.05) is 30.9 Å². The quantitative estimate of drug-likeness (QED) is 0.513. The lowest BCUT2D eigenvalue weighted by molar-refractivity contribution is -0.141. The second kappa shape index (κ2) is 9.51. The molecule has 0 fully saturated rings. The standard InChI is InChI=1S/C20H22F3N5O2S2/c1-13-8-14(16-11-25-18(31-16)12-28(2)6-7-32(3,29)30)10-15(9-13)26-19-24-5-4-17(27-19)20(21,22)23/h4-5,8-11H,6-7,12H2,1-3H3,(H,24,26,27). The molecule has 0 aliphatic heterocycles. The van der Waals surface area contributed by atoms with Crippen molar-refractivity contribution in [3.8, 4) is 10.4 Å². The van der Waals surface area contributed by atoms with Crippen molar-refractivity contribution in [3.63, 3.8) is 0 Å². The Labute approximate surface area is 188 Å². The van der Waals surface area contributed by atoms with E-state index in [1.54, 1.807) is 18.3 Å². The van der Waals surface area contributed by atoms with Crippen LogP contribution in [-0.4, -0.2) is 53.9 Å². The van der Waals surface area contributed by atoms with Crippen LogP contribution in [-0.2, 0) is 22.6 Å². The summed E-state index contributed by atoms with van der Waals surface area (Å²) >= 11 is 1.47. The van der Waals surface area contributed by atoms with Gasteiger partial charge in [0.25, 0.3) is 0 Å². The van der Waals surface area contributed by atoms with Crippen molar-refractivity contribution in [2.24, 2.45) is 0 Å². The summed E-state index contributed by atoms with van der Waals surface area (Å²) in [6.07, 6.45) is -0.560. The average molecular weight is 486 g/mol. The molecule has 2 heterocycles. The summed E-state index contributed by atoms with van der Waals surface area (Å²) in [6.45, 7) is 2.79. The topological polar surface area (TPSA) is 88.1 Å². The number of halogens is 3. The SMILES string of the molecule is Cc1cc(Nc2nccc(C(F)(F)F)n2)cc(-c2cnc(CN(C)CCS(C)(=O)=O)s2)c1. The fraction of sp³-hybridized carbons (Fsp3) is 0.350. The van der Waals surface area contributed by atoms with Crippen molar-refractivity contribution < 1.29 is 21.6 Å². The summed E-state index contributed by atoms with van der Waals surface area (Å²) < 4.78 is 61.4. The first-order valence-corrected chi connectivity index (χ1v) is 12.4. The second-order valence-electron chi connectivity index (χ2n) is 7.46. The maximum atomic E-state index is 12.9. The highest BCUT2D eigenvalue weighted by atomic mass is 32.2. The fourth-order valence-corrected chi connectivity index (χ4v) is 4.48. The third kappa shape index (κ3) is 6.97. The maximum absolute atomic E-state index is 12.9. The summed E-state index contributed by atoms with van der Waals surface area (Å²) in [7, 11) is -1.20. The zero-order valence-electron chi connectivity index (χ0n) is 17.6. The van der Waals surface area contributed by atoms with Gasteiger partial charge in [-0.05, 0) is 43.3 Å². The molecular formula is C20H22F3N5O2S2. The molecule has 32 heavy (non-hydrogen) atoms. The molecule has 2 aromatic heterocycles. The van der Waals surface area contributed by atoms with E-state index in [-0.39, 0.29) is 11.7 Å². The number of anilines is 2. The molecule has 0 bridgehead atoms. The smallest absolute Gasteiger partial charge is 0.324 e. The predicted molar refractivity (Wildman–Crippen MR) is 119 cm³/mol. The molecule has 0 aliphatic rings. The molecule has 1 aromatic carbocycles. The Balaban J connectivity index is 1.75. The lowest BCUT2D eigenvalue weighted by Crippen LogP contribution is -2.24. The van der Waals surface area contributed by atoms with Crippen LogP contribution in [0.3, 0.4) is 0 Å². The molecule has 0 amide bonds. The number of benzene rings is 1. The van der Waals surface area contributed by atoms with Gasteiger partial charge >= 0.3 is 6.18 Å². The van der Waals surface area contributed by atoms with Crippen LogP contribution in [0.15, 0.2) is 36.7 Å². The summed E-state index contributed by atoms with van der Waals surface area (Å²) in [4.78, 5) is 14.6. The molecular weight excluding hydrogens is 463 g/mol. The van der Waals surface area contributed by atoms with Gasteiger partial charge in [-0.15, -0.1) is 11.3 Å². The summed E-state index contributed by atoms with van der Waals surface area (Å²) in [6, 6.07) is 6.34. The van der Waals surface area contributed by atoms with Crippen LogP contribution in [0.4, 0.5) is 24.8 Å². The van der Waals surface area contributed by atoms with Crippen molar-refractivity contribution in [1.29, 1.82) is 0 Å². The van der Waals surface area contributed by atoms with E-state index in [2.05, 4.69) is 20.3 Å². The maximum Gasteiger partial charge on any atom is 0.433 e. The number of aryl methyl sites for hydroxylation is 1. The Kier molecular flexibility index (Phi) is 7.16. The molecule has 1 N–H and O–H groups in total. The van der Waals surface area contributed by atoms with E-state index in [1.807, 2.05) is 24.9 Å². The van der Waals surface area contributed by atoms with Crippen LogP contribution in [0, 0.1) is 6.92 Å². The number of sulfone groups is 1. The Morgan fingerprint density at radius 3 is 2.62 bits per heavy atom. The number of thiazole rings is 1. The minimum Gasteiger partial charge on any atom is -0.324 e. The molecule has 3 rings (SSSR count). The van der Waals surface area contributed by atoms with Gasteiger partial charge < -0.3 is 5.32 Å². The molecule has 0 saturated heterocycles. The summed E-state index contributed by atoms with van der Waals surface area (Å²) in [5.74, 6) is -0.0689. The Morgan fingerprint density at radius 2 is 1.94 bits per heavy atom. The van der Waals surface area contributed by atoms with Crippen LogP contribution >= 0.6 is 11.3 Å². The van der Waals surface area contributed by atoms with Gasteiger partial charge in [0.15, 0.2) is 0 Å². The van der Waals surface area contributed by atoms with E-state index in [4.69, 9.17) is 0 Å². The van der Waals surface area contributed by atoms with E-state index >= 15 is 0 Å². The first-order chi connectivity index (χ1) is 14.9. The number of aromatic nitrogens is 3. The van der Waals surface area contributed by atoms with Crippen molar-refractivity contribution in [2.45, 2.75) is 19.6 Å². The minimum absolute atomic E-state index is 0.0756. The molecule has 3 aromatic rings. The zero-order valence-corrected chi connectivity index (χ0v) is 19.3. The summed E-state index contributed by atoms with van der Waals surface area (Å²) in [5.41, 5.74) is 1.29. The van der Waals surface area contributed by atoms with Gasteiger partial charge in [0.05, 0.1) is 17.2 Å². The van der Waals surface area contributed by atoms with Crippen LogP contribution < -0.4 is 5.32 Å². The molecule has 12 heteroatoms. The Hall–Kier alpha value is -2.57. The number of hydrogen-bond donors (Lipinski definition) is 1. The van der Waals surface area contributed by atoms with Crippen molar-refractivity contribution >= 4 is 32.8 Å². The van der Waals surface area contributed by atoms with Gasteiger partial charge in [0, 0.05) is 30.9 Å². The summed E-state index contributed by atoms with van der Waals surface area (Å²) in [5, 5.41) is 3.66. The Bertz CT molecular complexity index is 1200. The lowest BCUT2D eigenvalue weighted by Gasteiger charge is -2.13. The highest BCUT2D eigenvalue weighted by molar-refractivity contribution is 7.90. The van der Waals surface area contributed by atoms with Crippen LogP contribution in [0.25, 0.3) is 10.4 Å². The molecule has 7 nitrogen and oxygen atoms in total. The number of nitrogens with zero attached hydrogens (tertiary/aromatic N) is 4. The van der Waals surface area contributed by atoms with Gasteiger partial charge in [0.1, 0.15) is 20.5 Å². The Morgan fingerprint density at radius 1 is 1.19 bits per heavy atom. The first kappa shape index (κ1) is 24.1. The highest BCUT2D eigenvalue weighted by Gasteiger charge is 2.32. The van der Waals surface area contributed by atoms with Crippen LogP contribution in [0.5, 0.6) is 0 Å². The van der Waals surface area contributed by atoms with Gasteiger partial charge in [-0.25, -0.2) is 23.4 Å². The van der Waals surface area contributed by atoms with Crippen molar-refractivity contribution in [1.82, 2.24) is 19.9 Å². The number of rotatable bonds is 8. The highest BCUT2D eigenvalue weighted by Crippen LogP contribution is 2.31. The van der Waals surface area contributed by atoms with Crippen molar-refractivity contribution in [3.05, 3.63) is 52.9 Å². The van der Waals surface area contributed by atoms with Gasteiger partial charge in [0.2, 0.25) is 5.95 Å². The van der Waals surface area contributed by atoms with Gasteiger partial charge in [-0.1, -0.05) is 6.07 Å². The van der Waals surface area contributed by atoms with E-state index < -0.39 is 21.7 Å². The minimum atomic E-state index is -4.55. The molecule has 0 unspecified atom stereocenters. The van der Waals surface area contributed by atoms with Gasteiger partial charge in [-0.2, -0.15) is 13.2 Å². The lowest BCUT2D eigenvalue weighted by atomic mass is 10.1. The van der Waals surface area contributed by atoms with E-state index in [0.717, 1.165) is 33.3 Å². The zero-order chi connectivity index (χ0) is 23.5. The molecule has 0 atom stereocenters.